The summed E-state index contributed by atoms with van der Waals surface area (Å²) < 4.78 is 47.8. The molecule has 1 saturated heterocycles. The number of para-hydroxylation sites is 1. The van der Waals surface area contributed by atoms with E-state index >= 15 is 0 Å². The lowest BCUT2D eigenvalue weighted by Crippen LogP contribution is -2.44. The van der Waals surface area contributed by atoms with Crippen LogP contribution in [0.5, 0.6) is 5.75 Å². The molecule has 5 rings (SSSR count). The lowest BCUT2D eigenvalue weighted by molar-refractivity contribution is -0.123. The van der Waals surface area contributed by atoms with Crippen LogP contribution in [0.3, 0.4) is 0 Å². The van der Waals surface area contributed by atoms with Gasteiger partial charge in [-0.15, -0.1) is 0 Å². The van der Waals surface area contributed by atoms with E-state index in [-0.39, 0.29) is 36.0 Å². The van der Waals surface area contributed by atoms with Gasteiger partial charge in [-0.2, -0.15) is 4.31 Å². The minimum absolute atomic E-state index is 0.162. The van der Waals surface area contributed by atoms with Crippen LogP contribution >= 0.6 is 11.3 Å². The van der Waals surface area contributed by atoms with Gasteiger partial charge in [-0.3, -0.25) is 14.7 Å². The Bertz CT molecular complexity index is 1500. The molecule has 0 N–H and O–H groups in total. The molecule has 0 bridgehead atoms. The van der Waals surface area contributed by atoms with E-state index < -0.39 is 21.8 Å². The molecule has 0 aliphatic carbocycles. The number of thiazole rings is 1. The van der Waals surface area contributed by atoms with Crippen LogP contribution in [0.1, 0.15) is 18.4 Å². The van der Waals surface area contributed by atoms with E-state index in [1.54, 1.807) is 47.6 Å². The molecule has 3 heterocycles. The van der Waals surface area contributed by atoms with Crippen LogP contribution in [-0.2, 0) is 21.4 Å². The van der Waals surface area contributed by atoms with E-state index in [9.17, 15) is 17.6 Å². The van der Waals surface area contributed by atoms with Gasteiger partial charge < -0.3 is 4.74 Å². The average molecular weight is 541 g/mol. The third kappa shape index (κ3) is 5.20. The van der Waals surface area contributed by atoms with Gasteiger partial charge >= 0.3 is 0 Å². The number of amides is 1. The van der Waals surface area contributed by atoms with Crippen molar-refractivity contribution in [2.75, 3.05) is 25.1 Å². The molecular weight excluding hydrogens is 515 g/mol. The molecule has 11 heteroatoms. The lowest BCUT2D eigenvalue weighted by Gasteiger charge is -2.33. The van der Waals surface area contributed by atoms with Crippen molar-refractivity contribution in [3.8, 4) is 5.75 Å². The van der Waals surface area contributed by atoms with E-state index in [2.05, 4.69) is 9.97 Å². The molecule has 1 aliphatic rings. The van der Waals surface area contributed by atoms with Crippen LogP contribution in [0.15, 0.2) is 71.9 Å². The van der Waals surface area contributed by atoms with Crippen molar-refractivity contribution in [2.24, 2.45) is 5.92 Å². The van der Waals surface area contributed by atoms with Gasteiger partial charge in [0.25, 0.3) is 0 Å². The number of hydrogen-bond donors (Lipinski definition) is 0. The largest absolute Gasteiger partial charge is 0.497 e. The van der Waals surface area contributed by atoms with Crippen molar-refractivity contribution in [1.29, 1.82) is 0 Å². The number of pyridine rings is 1. The summed E-state index contributed by atoms with van der Waals surface area (Å²) in [6, 6.07) is 14.7. The summed E-state index contributed by atoms with van der Waals surface area (Å²) in [4.78, 5) is 24.1. The maximum atomic E-state index is 14.3. The first-order chi connectivity index (χ1) is 17.9. The van der Waals surface area contributed by atoms with Crippen molar-refractivity contribution < 1.29 is 22.3 Å². The summed E-state index contributed by atoms with van der Waals surface area (Å²) >= 11 is 1.25. The molecule has 0 saturated carbocycles. The molecule has 0 radical (unpaired) electrons. The number of anilines is 1. The molecule has 2 aromatic heterocycles. The van der Waals surface area contributed by atoms with Crippen molar-refractivity contribution in [3.05, 3.63) is 78.4 Å². The smallest absolute Gasteiger partial charge is 0.243 e. The van der Waals surface area contributed by atoms with E-state index in [0.29, 0.717) is 28.4 Å². The standard InChI is InChI=1S/C26H25FN4O4S2/c1-35-20-7-9-21(10-8-20)37(33,34)30-14-11-19(12-15-30)25(32)31(17-18-4-3-13-28-16-18)26-29-24-22(27)5-2-6-23(24)36-26/h2-10,13,16,19H,11-12,14-15,17H2,1H3. The minimum Gasteiger partial charge on any atom is -0.497 e. The number of rotatable bonds is 7. The Morgan fingerprint density at radius 2 is 1.89 bits per heavy atom. The molecule has 0 atom stereocenters. The summed E-state index contributed by atoms with van der Waals surface area (Å²) in [5, 5.41) is 0.405. The van der Waals surface area contributed by atoms with Gasteiger partial charge in [-0.05, 0) is 60.9 Å². The van der Waals surface area contributed by atoms with Crippen molar-refractivity contribution >= 4 is 42.6 Å². The second-order valence-electron chi connectivity index (χ2n) is 8.72. The van der Waals surface area contributed by atoms with Gasteiger partial charge in [-0.25, -0.2) is 17.8 Å². The van der Waals surface area contributed by atoms with Crippen LogP contribution in [0.2, 0.25) is 0 Å². The Balaban J connectivity index is 1.36. The van der Waals surface area contributed by atoms with Crippen LogP contribution in [0, 0.1) is 11.7 Å². The number of fused-ring (bicyclic) bond motifs is 1. The number of carbonyl (C=O) groups excluding carboxylic acids is 1. The zero-order valence-corrected chi connectivity index (χ0v) is 21.7. The van der Waals surface area contributed by atoms with Gasteiger partial charge in [0.15, 0.2) is 5.13 Å². The number of piperidine rings is 1. The van der Waals surface area contributed by atoms with Gasteiger partial charge in [-0.1, -0.05) is 23.5 Å². The number of hydrogen-bond acceptors (Lipinski definition) is 7. The molecule has 37 heavy (non-hydrogen) atoms. The van der Waals surface area contributed by atoms with Crippen LogP contribution in [0.25, 0.3) is 10.2 Å². The fraction of sp³-hybridized carbons (Fsp3) is 0.269. The number of benzene rings is 2. The van der Waals surface area contributed by atoms with Crippen molar-refractivity contribution in [1.82, 2.24) is 14.3 Å². The fourth-order valence-corrected chi connectivity index (χ4v) is 6.85. The molecule has 2 aromatic carbocycles. The predicted molar refractivity (Wildman–Crippen MR) is 139 cm³/mol. The van der Waals surface area contributed by atoms with Crippen LogP contribution in [-0.4, -0.2) is 48.8 Å². The highest BCUT2D eigenvalue weighted by atomic mass is 32.2. The molecule has 1 fully saturated rings. The number of sulfonamides is 1. The second kappa shape index (κ2) is 10.5. The summed E-state index contributed by atoms with van der Waals surface area (Å²) in [7, 11) is -2.16. The molecular formula is C26H25FN4O4S2. The van der Waals surface area contributed by atoms with Crippen molar-refractivity contribution in [3.63, 3.8) is 0 Å². The Labute approximate surface area is 218 Å². The molecule has 0 spiro atoms. The van der Waals surface area contributed by atoms with Gasteiger partial charge in [0.1, 0.15) is 17.1 Å². The highest BCUT2D eigenvalue weighted by Crippen LogP contribution is 2.34. The zero-order valence-electron chi connectivity index (χ0n) is 20.1. The molecule has 1 amide bonds. The number of ether oxygens (including phenoxy) is 1. The SMILES string of the molecule is COc1ccc(S(=O)(=O)N2CCC(C(=O)N(Cc3cccnc3)c3nc4c(F)cccc4s3)CC2)cc1. The fourth-order valence-electron chi connectivity index (χ4n) is 4.39. The Morgan fingerprint density at radius 1 is 1.14 bits per heavy atom. The quantitative estimate of drug-likeness (QED) is 0.343. The van der Waals surface area contributed by atoms with E-state index in [0.717, 1.165) is 5.56 Å². The molecule has 192 valence electrons. The third-order valence-electron chi connectivity index (χ3n) is 6.42. The first-order valence-corrected chi connectivity index (χ1v) is 14.0. The predicted octanol–water partition coefficient (Wildman–Crippen LogP) is 4.47. The minimum atomic E-state index is -3.69. The molecule has 4 aromatic rings. The second-order valence-corrected chi connectivity index (χ2v) is 11.7. The Kier molecular flexibility index (Phi) is 7.18. The number of carbonyl (C=O) groups is 1. The van der Waals surface area contributed by atoms with Crippen LogP contribution < -0.4 is 9.64 Å². The summed E-state index contributed by atoms with van der Waals surface area (Å²) in [5.74, 6) is -0.418. The molecule has 0 unspecified atom stereocenters. The summed E-state index contributed by atoms with van der Waals surface area (Å²) in [6.07, 6.45) is 4.08. The molecule has 1 aliphatic heterocycles. The topological polar surface area (TPSA) is 92.7 Å². The number of nitrogens with zero attached hydrogens (tertiary/aromatic N) is 4. The van der Waals surface area contributed by atoms with Gasteiger partial charge in [0, 0.05) is 31.4 Å². The average Bonchev–Trinajstić information content (AvgIpc) is 3.37. The summed E-state index contributed by atoms with van der Waals surface area (Å²) in [5.41, 5.74) is 1.04. The Hall–Kier alpha value is -3.41. The number of aromatic nitrogens is 2. The highest BCUT2D eigenvalue weighted by Gasteiger charge is 2.35. The maximum Gasteiger partial charge on any atom is 0.243 e. The van der Waals surface area contributed by atoms with E-state index in [4.69, 9.17) is 4.74 Å². The van der Waals surface area contributed by atoms with Gasteiger partial charge in [0.05, 0.1) is 23.2 Å². The number of methoxy groups -OCH3 is 1. The first-order valence-electron chi connectivity index (χ1n) is 11.8. The van der Waals surface area contributed by atoms with Gasteiger partial charge in [0.2, 0.25) is 15.9 Å². The maximum absolute atomic E-state index is 14.3. The zero-order chi connectivity index (χ0) is 26.0. The highest BCUT2D eigenvalue weighted by molar-refractivity contribution is 7.89. The monoisotopic (exact) mass is 540 g/mol. The van der Waals surface area contributed by atoms with Crippen LogP contribution in [0.4, 0.5) is 9.52 Å². The van der Waals surface area contributed by atoms with E-state index in [1.165, 1.54) is 41.0 Å². The number of halogens is 1. The molecule has 8 nitrogen and oxygen atoms in total. The summed E-state index contributed by atoms with van der Waals surface area (Å²) in [6.45, 7) is 0.679. The van der Waals surface area contributed by atoms with E-state index in [1.807, 2.05) is 6.07 Å². The lowest BCUT2D eigenvalue weighted by atomic mass is 9.96. The Morgan fingerprint density at radius 3 is 2.54 bits per heavy atom. The normalized spacial score (nSPS) is 15.1. The third-order valence-corrected chi connectivity index (χ3v) is 9.38. The first kappa shape index (κ1) is 25.2. The van der Waals surface area contributed by atoms with Crippen molar-refractivity contribution in [2.45, 2.75) is 24.3 Å².